The first kappa shape index (κ1) is 76.8. The minimum atomic E-state index is -3.88. The maximum absolute atomic E-state index is 14.0. The highest BCUT2D eigenvalue weighted by Gasteiger charge is 2.37. The Kier molecular flexibility index (Phi) is 34.6. The quantitative estimate of drug-likeness (QED) is 0.0146. The van der Waals surface area contributed by atoms with E-state index in [1.165, 1.54) is 10.5 Å². The van der Waals surface area contributed by atoms with Crippen molar-refractivity contribution < 1.29 is 111 Å². The fourth-order valence-electron chi connectivity index (χ4n) is 9.10. The van der Waals surface area contributed by atoms with Gasteiger partial charge in [-0.1, -0.05) is 19.1 Å². The van der Waals surface area contributed by atoms with Gasteiger partial charge in [-0.15, -0.1) is 0 Å². The molecule has 2 fully saturated rings. The van der Waals surface area contributed by atoms with E-state index in [4.69, 9.17) is 62.4 Å². The molecule has 94 heavy (non-hydrogen) atoms. The zero-order valence-corrected chi connectivity index (χ0v) is 54.3. The maximum atomic E-state index is 14.0. The molecule has 1 atom stereocenters. The third kappa shape index (κ3) is 26.4. The molecule has 0 spiro atoms. The number of aliphatic imine (C=N–C) groups is 1. The number of nitrogens with one attached hydrogen (secondary N) is 2. The van der Waals surface area contributed by atoms with E-state index < -0.39 is 73.5 Å². The summed E-state index contributed by atoms with van der Waals surface area (Å²) in [6.45, 7) is 9.77. The molecular weight excluding hydrogens is 1290 g/mol. The number of nitrogens with zero attached hydrogens (tertiary/aromatic N) is 4. The summed E-state index contributed by atoms with van der Waals surface area (Å²) in [6.07, 6.45) is 8.13. The van der Waals surface area contributed by atoms with E-state index in [1.807, 2.05) is 19.1 Å². The number of ether oxygens (including phenoxy) is 12. The Morgan fingerprint density at radius 1 is 0.691 bits per heavy atom. The Hall–Kier alpha value is -6.18. The van der Waals surface area contributed by atoms with E-state index in [1.54, 1.807) is 29.3 Å². The molecule has 33 heteroatoms. The van der Waals surface area contributed by atoms with Gasteiger partial charge in [0.05, 0.1) is 144 Å². The van der Waals surface area contributed by atoms with Crippen LogP contribution in [0.4, 0.5) is 28.0 Å². The number of halogens is 4. The number of pyridine rings is 1. The second kappa shape index (κ2) is 42.4. The molecule has 3 aliphatic rings. The Bertz CT molecular complexity index is 3060. The highest BCUT2D eigenvalue weighted by molar-refractivity contribution is 7.89. The maximum Gasteiger partial charge on any atom is 0.407 e. The molecule has 0 radical (unpaired) electrons. The van der Waals surface area contributed by atoms with Gasteiger partial charge in [0.1, 0.15) is 21.7 Å². The van der Waals surface area contributed by atoms with Crippen LogP contribution in [0.5, 0.6) is 5.75 Å². The van der Waals surface area contributed by atoms with Gasteiger partial charge >= 0.3 is 12.1 Å². The van der Waals surface area contributed by atoms with Crippen molar-refractivity contribution in [3.8, 4) is 16.9 Å². The molecule has 1 saturated heterocycles. The van der Waals surface area contributed by atoms with E-state index in [0.29, 0.717) is 153 Å². The molecule has 1 saturated carbocycles. The molecule has 524 valence electrons. The molecule has 2 aromatic carbocycles. The second-order valence-electron chi connectivity index (χ2n) is 21.4. The van der Waals surface area contributed by atoms with Gasteiger partial charge in [0.2, 0.25) is 39.2 Å². The lowest BCUT2D eigenvalue weighted by Crippen LogP contribution is -2.53. The minimum Gasteiger partial charge on any atom is -0.446 e. The first-order chi connectivity index (χ1) is 45.5. The van der Waals surface area contributed by atoms with Crippen LogP contribution < -0.4 is 21.1 Å². The normalized spacial score (nSPS) is 14.7. The number of alkyl carbamates (subject to hydrolysis) is 1. The molecule has 3 amide bonds. The van der Waals surface area contributed by atoms with Crippen molar-refractivity contribution >= 4 is 62.6 Å². The number of benzene rings is 2. The first-order valence-electron chi connectivity index (χ1n) is 31.0. The molecule has 6 rings (SSSR count). The van der Waals surface area contributed by atoms with Crippen molar-refractivity contribution in [2.45, 2.75) is 74.2 Å². The van der Waals surface area contributed by atoms with Crippen molar-refractivity contribution in [2.75, 3.05) is 171 Å². The lowest BCUT2D eigenvalue weighted by atomic mass is 9.96. The van der Waals surface area contributed by atoms with Crippen molar-refractivity contribution in [1.29, 1.82) is 0 Å². The van der Waals surface area contributed by atoms with Gasteiger partial charge in [0.15, 0.2) is 22.7 Å². The van der Waals surface area contributed by atoms with Crippen LogP contribution in [0.2, 0.25) is 0 Å². The summed E-state index contributed by atoms with van der Waals surface area (Å²) in [6, 6.07) is 6.99. The number of nitrogens with two attached hydrogens (primary N) is 1. The molecule has 3 aromatic rings. The van der Waals surface area contributed by atoms with Gasteiger partial charge in [-0.2, -0.15) is 13.1 Å². The molecule has 1 unspecified atom stereocenters. The van der Waals surface area contributed by atoms with Gasteiger partial charge < -0.3 is 82.7 Å². The summed E-state index contributed by atoms with van der Waals surface area (Å²) in [5.41, 5.74) is 9.28. The Labute approximate surface area is 546 Å². The monoisotopic (exact) mass is 1380 g/mol. The number of carbonyl (C=O) groups excluding carboxylic acids is 4. The van der Waals surface area contributed by atoms with Gasteiger partial charge in [-0.25, -0.2) is 31.2 Å². The average molecular weight is 1380 g/mol. The van der Waals surface area contributed by atoms with Crippen LogP contribution in [0.3, 0.4) is 0 Å². The number of rotatable bonds is 48. The number of sulfonamides is 1. The summed E-state index contributed by atoms with van der Waals surface area (Å²) in [5, 5.41) is 5.64. The van der Waals surface area contributed by atoms with E-state index in [9.17, 15) is 49.4 Å². The smallest absolute Gasteiger partial charge is 0.407 e. The SMILES string of the molecule is CCCN(CCCNC(=O)OC1CCC1)C(=O)C1=Cc2ccc(-c3cncc(S(=O)(=O)N4CC(CNC(=O)CCOCCOCCOCCOCCOCCOCCOCCOCCOCCOCCC(=O)Oc5c(F)c(F)c(S(=O)O)c(F)c5F)C4)c3)cc2N=C(N)C1. The van der Waals surface area contributed by atoms with Crippen LogP contribution in [0, 0.1) is 29.2 Å². The van der Waals surface area contributed by atoms with Crippen molar-refractivity contribution in [2.24, 2.45) is 16.6 Å². The fourth-order valence-corrected chi connectivity index (χ4v) is 11.2. The number of esters is 1. The molecule has 1 aliphatic carbocycles. The number of amidine groups is 1. The van der Waals surface area contributed by atoms with E-state index in [2.05, 4.69) is 25.3 Å². The first-order valence-corrected chi connectivity index (χ1v) is 33.6. The summed E-state index contributed by atoms with van der Waals surface area (Å²) in [4.78, 5) is 59.2. The highest BCUT2D eigenvalue weighted by Crippen LogP contribution is 2.35. The van der Waals surface area contributed by atoms with Gasteiger partial charge in [0, 0.05) is 87.1 Å². The van der Waals surface area contributed by atoms with Crippen LogP contribution in [0.15, 0.2) is 57.0 Å². The zero-order valence-electron chi connectivity index (χ0n) is 52.6. The van der Waals surface area contributed by atoms with Crippen molar-refractivity contribution in [3.05, 3.63) is 71.1 Å². The molecule has 5 N–H and O–H groups in total. The summed E-state index contributed by atoms with van der Waals surface area (Å²) >= 11 is -3.36. The van der Waals surface area contributed by atoms with Crippen LogP contribution in [0.1, 0.15) is 63.9 Å². The number of hydrogen-bond acceptors (Lipinski definition) is 22. The second-order valence-corrected chi connectivity index (χ2v) is 24.3. The predicted octanol–water partition coefficient (Wildman–Crippen LogP) is 4.86. The molecule has 1 aromatic heterocycles. The summed E-state index contributed by atoms with van der Waals surface area (Å²) < 4.78 is 168. The summed E-state index contributed by atoms with van der Waals surface area (Å²) in [7, 11) is -3.88. The number of amides is 3. The van der Waals surface area contributed by atoms with Crippen molar-refractivity contribution in [1.82, 2.24) is 24.8 Å². The van der Waals surface area contributed by atoms with E-state index in [-0.39, 0.29) is 100 Å². The van der Waals surface area contributed by atoms with E-state index in [0.717, 1.165) is 25.7 Å². The Balaban J connectivity index is 0.682. The largest absolute Gasteiger partial charge is 0.446 e. The van der Waals surface area contributed by atoms with Crippen LogP contribution in [-0.2, 0) is 87.6 Å². The molecule has 27 nitrogen and oxygen atoms in total. The van der Waals surface area contributed by atoms with Crippen LogP contribution >= 0.6 is 0 Å². The topological polar surface area (TPSA) is 332 Å². The number of aromatic nitrogens is 1. The number of hydrogen-bond donors (Lipinski definition) is 4. The van der Waals surface area contributed by atoms with Gasteiger partial charge in [-0.3, -0.25) is 19.4 Å². The third-order valence-corrected chi connectivity index (χ3v) is 16.8. The fraction of sp³-hybridized carbons (Fsp3) is 0.607. The van der Waals surface area contributed by atoms with Crippen LogP contribution in [0.25, 0.3) is 17.2 Å². The van der Waals surface area contributed by atoms with Crippen molar-refractivity contribution in [3.63, 3.8) is 0 Å². The zero-order chi connectivity index (χ0) is 67.5. The predicted molar refractivity (Wildman–Crippen MR) is 331 cm³/mol. The molecule has 2 aliphatic heterocycles. The third-order valence-electron chi connectivity index (χ3n) is 14.3. The number of fused-ring (bicyclic) bond motifs is 1. The minimum absolute atomic E-state index is 0.00802. The Morgan fingerprint density at radius 3 is 1.71 bits per heavy atom. The lowest BCUT2D eigenvalue weighted by Gasteiger charge is -2.38. The average Bonchev–Trinajstić information content (AvgIpc) is 0.844. The molecular formula is C61H85F4N7O20S2. The molecule has 0 bridgehead atoms. The summed E-state index contributed by atoms with van der Waals surface area (Å²) in [5.74, 6) is -11.7. The van der Waals surface area contributed by atoms with E-state index >= 15 is 0 Å². The van der Waals surface area contributed by atoms with Gasteiger partial charge in [0.25, 0.3) is 0 Å². The number of carbonyl (C=O) groups is 4. The molecule has 3 heterocycles. The standard InChI is InChI=1S/C61H85F4N7O20S2/c1-2-12-71(13-4-11-68-61(76)91-48-5-3-6-48)60(75)46-34-45-8-7-44(36-50(45)70-51(66)37-46)47-35-49(40-67-39-47)94(79,80)72-41-43(42-72)38-69-52(73)9-14-81-16-18-83-20-22-85-24-26-87-28-30-89-32-33-90-31-29-88-27-25-86-23-21-84-19-17-82-15-10-53(74)92-58-54(62)56(64)59(93(77)78)57(65)55(58)63/h7-8,34-36,39-40,43,48H,2-6,9-33,37-38,41-42H2,1H3,(H2,66,70)(H,68,76)(H,69,73)(H,77,78). The highest BCUT2D eigenvalue weighted by atomic mass is 32.2. The Morgan fingerprint density at radius 2 is 1.21 bits per heavy atom. The lowest BCUT2D eigenvalue weighted by molar-refractivity contribution is -0.136. The van der Waals surface area contributed by atoms with Gasteiger partial charge in [-0.05, 0) is 55.9 Å². The van der Waals surface area contributed by atoms with Crippen LogP contribution in [-0.4, -0.2) is 239 Å².